The van der Waals surface area contributed by atoms with E-state index in [2.05, 4.69) is 15.1 Å². The lowest BCUT2D eigenvalue weighted by molar-refractivity contribution is 0.0592. The number of hydrogen-bond donors (Lipinski definition) is 2. The molecule has 2 aromatic carbocycles. The Morgan fingerprint density at radius 1 is 0.893 bits per heavy atom. The number of carbonyl (C=O) groups is 2. The van der Waals surface area contributed by atoms with Gasteiger partial charge >= 0.3 is 11.9 Å². The summed E-state index contributed by atoms with van der Waals surface area (Å²) in [7, 11) is 2.63. The van der Waals surface area contributed by atoms with Crippen molar-refractivity contribution in [3.05, 3.63) is 58.6 Å². The minimum absolute atomic E-state index is 0.240. The minimum Gasteiger partial charge on any atom is -0.465 e. The van der Waals surface area contributed by atoms with Gasteiger partial charge in [-0.2, -0.15) is 0 Å². The SMILES string of the molecule is COC(=O)c1ccc2c(-c3[nH]c4cc(C(=O)OC)ccc4c3N=O)c[nH]c2c1. The van der Waals surface area contributed by atoms with Crippen LogP contribution in [0, 0.1) is 4.91 Å². The summed E-state index contributed by atoms with van der Waals surface area (Å²) >= 11 is 0. The molecule has 4 aromatic rings. The predicted molar refractivity (Wildman–Crippen MR) is 104 cm³/mol. The Balaban J connectivity index is 1.89. The van der Waals surface area contributed by atoms with E-state index >= 15 is 0 Å². The molecule has 28 heavy (non-hydrogen) atoms. The van der Waals surface area contributed by atoms with Crippen molar-refractivity contribution in [2.75, 3.05) is 14.2 Å². The van der Waals surface area contributed by atoms with E-state index in [1.165, 1.54) is 14.2 Å². The maximum absolute atomic E-state index is 11.8. The molecule has 0 saturated heterocycles. The number of esters is 2. The number of aromatic amines is 2. The van der Waals surface area contributed by atoms with Crippen molar-refractivity contribution < 1.29 is 19.1 Å². The zero-order valence-corrected chi connectivity index (χ0v) is 15.0. The first-order valence-electron chi connectivity index (χ1n) is 8.34. The summed E-state index contributed by atoms with van der Waals surface area (Å²) in [5, 5.41) is 4.59. The molecule has 2 heterocycles. The highest BCUT2D eigenvalue weighted by atomic mass is 16.5. The fourth-order valence-electron chi connectivity index (χ4n) is 3.30. The zero-order chi connectivity index (χ0) is 19.8. The van der Waals surface area contributed by atoms with Crippen LogP contribution in [0.25, 0.3) is 33.1 Å². The van der Waals surface area contributed by atoms with Gasteiger partial charge in [-0.25, -0.2) is 9.59 Å². The predicted octanol–water partition coefficient (Wildman–Crippen LogP) is 4.29. The summed E-state index contributed by atoms with van der Waals surface area (Å²) in [5.74, 6) is -0.907. The maximum atomic E-state index is 11.8. The van der Waals surface area contributed by atoms with Crippen molar-refractivity contribution in [2.45, 2.75) is 0 Å². The van der Waals surface area contributed by atoms with Crippen molar-refractivity contribution in [2.24, 2.45) is 5.18 Å². The number of ether oxygens (including phenoxy) is 2. The molecule has 0 aliphatic rings. The molecule has 0 fully saturated rings. The Kier molecular flexibility index (Phi) is 4.15. The van der Waals surface area contributed by atoms with Crippen molar-refractivity contribution in [1.29, 1.82) is 0 Å². The third-order valence-electron chi connectivity index (χ3n) is 4.66. The first-order valence-corrected chi connectivity index (χ1v) is 8.34. The molecular formula is C20H15N3O5. The van der Waals surface area contributed by atoms with Crippen LogP contribution in [0.1, 0.15) is 20.7 Å². The lowest BCUT2D eigenvalue weighted by Crippen LogP contribution is -2.00. The molecule has 0 bridgehead atoms. The van der Waals surface area contributed by atoms with Crippen LogP contribution >= 0.6 is 0 Å². The smallest absolute Gasteiger partial charge is 0.337 e. The van der Waals surface area contributed by atoms with E-state index in [1.54, 1.807) is 42.6 Å². The second-order valence-corrected chi connectivity index (χ2v) is 6.15. The van der Waals surface area contributed by atoms with Crippen LogP contribution < -0.4 is 0 Å². The van der Waals surface area contributed by atoms with Gasteiger partial charge in [-0.05, 0) is 35.5 Å². The highest BCUT2D eigenvalue weighted by Gasteiger charge is 2.19. The molecule has 0 spiro atoms. The fourth-order valence-corrected chi connectivity index (χ4v) is 3.30. The molecule has 0 aliphatic carbocycles. The number of nitrogens with one attached hydrogen (secondary N) is 2. The summed E-state index contributed by atoms with van der Waals surface area (Å²) in [6.45, 7) is 0. The van der Waals surface area contributed by atoms with Crippen LogP contribution in [-0.4, -0.2) is 36.1 Å². The Hall–Kier alpha value is -3.94. The van der Waals surface area contributed by atoms with Crippen molar-refractivity contribution in [3.63, 3.8) is 0 Å². The number of fused-ring (bicyclic) bond motifs is 2. The second kappa shape index (κ2) is 6.66. The Morgan fingerprint density at radius 2 is 1.50 bits per heavy atom. The van der Waals surface area contributed by atoms with Gasteiger partial charge in [0.25, 0.3) is 0 Å². The number of nitroso groups, excluding NO2 is 1. The number of hydrogen-bond acceptors (Lipinski definition) is 6. The Bertz CT molecular complexity index is 1250. The Morgan fingerprint density at radius 3 is 2.11 bits per heavy atom. The monoisotopic (exact) mass is 377 g/mol. The molecule has 4 rings (SSSR count). The summed E-state index contributed by atoms with van der Waals surface area (Å²) < 4.78 is 9.48. The molecule has 0 amide bonds. The first kappa shape index (κ1) is 17.5. The molecule has 2 N–H and O–H groups in total. The molecule has 8 heteroatoms. The highest BCUT2D eigenvalue weighted by Crippen LogP contribution is 2.40. The van der Waals surface area contributed by atoms with E-state index in [9.17, 15) is 14.5 Å². The molecule has 0 aliphatic heterocycles. The Labute approximate surface area is 158 Å². The molecule has 0 atom stereocenters. The van der Waals surface area contributed by atoms with Gasteiger partial charge in [0.15, 0.2) is 0 Å². The number of rotatable bonds is 4. The van der Waals surface area contributed by atoms with E-state index in [-0.39, 0.29) is 5.69 Å². The van der Waals surface area contributed by atoms with Gasteiger partial charge in [0.1, 0.15) is 5.69 Å². The topological polar surface area (TPSA) is 114 Å². The van der Waals surface area contributed by atoms with Gasteiger partial charge < -0.3 is 19.4 Å². The largest absolute Gasteiger partial charge is 0.465 e. The second-order valence-electron chi connectivity index (χ2n) is 6.15. The molecular weight excluding hydrogens is 362 g/mol. The molecule has 140 valence electrons. The van der Waals surface area contributed by atoms with E-state index < -0.39 is 11.9 Å². The molecule has 0 saturated carbocycles. The van der Waals surface area contributed by atoms with Crippen LogP contribution in [0.3, 0.4) is 0 Å². The summed E-state index contributed by atoms with van der Waals surface area (Å²) in [6.07, 6.45) is 1.73. The summed E-state index contributed by atoms with van der Waals surface area (Å²) in [5.41, 5.74) is 3.56. The van der Waals surface area contributed by atoms with Gasteiger partial charge in [-0.15, -0.1) is 4.91 Å². The van der Waals surface area contributed by atoms with Gasteiger partial charge in [-0.1, -0.05) is 6.07 Å². The van der Waals surface area contributed by atoms with Crippen molar-refractivity contribution >= 4 is 39.4 Å². The van der Waals surface area contributed by atoms with Crippen LogP contribution in [0.5, 0.6) is 0 Å². The zero-order valence-electron chi connectivity index (χ0n) is 15.0. The number of benzene rings is 2. The quantitative estimate of drug-likeness (QED) is 0.407. The molecule has 2 aromatic heterocycles. The number of carbonyl (C=O) groups excluding carboxylic acids is 2. The van der Waals surface area contributed by atoms with Crippen LogP contribution in [0.15, 0.2) is 47.8 Å². The summed E-state index contributed by atoms with van der Waals surface area (Å²) in [6, 6.07) is 9.95. The van der Waals surface area contributed by atoms with E-state index in [1.807, 2.05) is 0 Å². The van der Waals surface area contributed by atoms with E-state index in [0.717, 1.165) is 10.9 Å². The van der Waals surface area contributed by atoms with Gasteiger partial charge in [-0.3, -0.25) is 0 Å². The summed E-state index contributed by atoms with van der Waals surface area (Å²) in [4.78, 5) is 41.3. The normalized spacial score (nSPS) is 10.9. The van der Waals surface area contributed by atoms with Crippen molar-refractivity contribution in [1.82, 2.24) is 9.97 Å². The minimum atomic E-state index is -0.471. The molecule has 8 nitrogen and oxygen atoms in total. The average Bonchev–Trinajstić information content (AvgIpc) is 3.31. The highest BCUT2D eigenvalue weighted by molar-refractivity contribution is 6.07. The number of nitrogens with zero attached hydrogens (tertiary/aromatic N) is 1. The first-order chi connectivity index (χ1) is 13.6. The van der Waals surface area contributed by atoms with E-state index in [0.29, 0.717) is 33.2 Å². The van der Waals surface area contributed by atoms with E-state index in [4.69, 9.17) is 9.47 Å². The lowest BCUT2D eigenvalue weighted by Gasteiger charge is -2.00. The third-order valence-corrected chi connectivity index (χ3v) is 4.66. The number of aromatic nitrogens is 2. The molecule has 0 unspecified atom stereocenters. The van der Waals surface area contributed by atoms with Crippen molar-refractivity contribution in [3.8, 4) is 11.3 Å². The van der Waals surface area contributed by atoms with Crippen LogP contribution in [0.4, 0.5) is 5.69 Å². The average molecular weight is 377 g/mol. The van der Waals surface area contributed by atoms with Crippen LogP contribution in [0.2, 0.25) is 0 Å². The van der Waals surface area contributed by atoms with Gasteiger partial charge in [0, 0.05) is 33.6 Å². The lowest BCUT2D eigenvalue weighted by atomic mass is 10.1. The fraction of sp³-hybridized carbons (Fsp3) is 0.100. The number of H-pyrrole nitrogens is 2. The van der Waals surface area contributed by atoms with Crippen LogP contribution in [-0.2, 0) is 9.47 Å². The third kappa shape index (κ3) is 2.62. The molecule has 0 radical (unpaired) electrons. The van der Waals surface area contributed by atoms with Gasteiger partial charge in [0.05, 0.1) is 31.0 Å². The number of methoxy groups -OCH3 is 2. The maximum Gasteiger partial charge on any atom is 0.337 e. The standard InChI is InChI=1S/C20H15N3O5/c1-27-19(24)10-3-5-12-14(9-21-15(12)7-10)17-18(23-26)13-6-4-11(20(25)28-2)8-16(13)22-17/h3-9,21-22H,1-2H3. The van der Waals surface area contributed by atoms with Gasteiger partial charge in [0.2, 0.25) is 0 Å².